The summed E-state index contributed by atoms with van der Waals surface area (Å²) in [5.74, 6) is 0.0958. The lowest BCUT2D eigenvalue weighted by atomic mass is 10.2. The highest BCUT2D eigenvalue weighted by Crippen LogP contribution is 2.30. The number of carbonyl (C=O) groups excluding carboxylic acids is 1. The van der Waals surface area contributed by atoms with Gasteiger partial charge in [0, 0.05) is 24.4 Å². The van der Waals surface area contributed by atoms with Crippen molar-refractivity contribution in [2.45, 2.75) is 13.8 Å². The van der Waals surface area contributed by atoms with Crippen molar-refractivity contribution in [3.8, 4) is 0 Å². The van der Waals surface area contributed by atoms with Crippen LogP contribution in [0.15, 0.2) is 52.7 Å². The van der Waals surface area contributed by atoms with E-state index < -0.39 is 4.92 Å². The third kappa shape index (κ3) is 5.09. The molecule has 0 amide bonds. The number of benzene rings is 2. The van der Waals surface area contributed by atoms with Gasteiger partial charge in [-0.15, -0.1) is 5.11 Å². The second-order valence-electron chi connectivity index (χ2n) is 5.33. The first kappa shape index (κ1) is 18.5. The van der Waals surface area contributed by atoms with Crippen molar-refractivity contribution in [1.82, 2.24) is 0 Å². The lowest BCUT2D eigenvalue weighted by Gasteiger charge is -2.21. The Labute approximate surface area is 150 Å². The molecule has 0 saturated heterocycles. The van der Waals surface area contributed by atoms with Crippen molar-refractivity contribution in [3.05, 3.63) is 57.6 Å². The number of halogens is 1. The zero-order valence-electron chi connectivity index (χ0n) is 13.8. The van der Waals surface area contributed by atoms with Crippen LogP contribution in [0, 0.1) is 10.1 Å². The molecule has 0 spiro atoms. The highest BCUT2D eigenvalue weighted by Gasteiger charge is 2.09. The highest BCUT2D eigenvalue weighted by atomic mass is 35.5. The van der Waals surface area contributed by atoms with Crippen LogP contribution in [0.5, 0.6) is 0 Å². The van der Waals surface area contributed by atoms with E-state index in [-0.39, 0.29) is 16.5 Å². The van der Waals surface area contributed by atoms with E-state index in [1.807, 2.05) is 24.0 Å². The fourth-order valence-corrected chi connectivity index (χ4v) is 2.40. The number of azo groups is 1. The van der Waals surface area contributed by atoms with Crippen LogP contribution in [0.25, 0.3) is 0 Å². The zero-order valence-corrected chi connectivity index (χ0v) is 14.6. The van der Waals surface area contributed by atoms with Gasteiger partial charge in [-0.25, -0.2) is 0 Å². The summed E-state index contributed by atoms with van der Waals surface area (Å²) in [6.45, 7) is 4.61. The number of hydrogen-bond donors (Lipinski definition) is 0. The van der Waals surface area contributed by atoms with Crippen LogP contribution in [-0.4, -0.2) is 23.8 Å². The Morgan fingerprint density at radius 3 is 2.40 bits per heavy atom. The molecule has 0 aliphatic heterocycles. The number of nitro benzene ring substituents is 1. The molecule has 130 valence electrons. The van der Waals surface area contributed by atoms with Gasteiger partial charge in [-0.1, -0.05) is 11.6 Å². The van der Waals surface area contributed by atoms with Crippen LogP contribution < -0.4 is 4.90 Å². The first-order valence-corrected chi connectivity index (χ1v) is 7.98. The molecule has 0 aromatic heterocycles. The van der Waals surface area contributed by atoms with Crippen molar-refractivity contribution in [1.29, 1.82) is 0 Å². The normalized spacial score (nSPS) is 10.8. The van der Waals surface area contributed by atoms with Crippen LogP contribution in [0.2, 0.25) is 5.02 Å². The molecule has 2 aromatic carbocycles. The fraction of sp³-hybridized carbons (Fsp3) is 0.235. The number of ketones is 1. The third-order valence-electron chi connectivity index (χ3n) is 3.43. The predicted octanol–water partition coefficient (Wildman–Crippen LogP) is 5.08. The van der Waals surface area contributed by atoms with Gasteiger partial charge in [0.1, 0.15) is 11.5 Å². The van der Waals surface area contributed by atoms with Gasteiger partial charge in [0.15, 0.2) is 0 Å². The Bertz CT molecular complexity index is 806. The first-order valence-electron chi connectivity index (χ1n) is 7.61. The molecule has 0 aliphatic rings. The van der Waals surface area contributed by atoms with Crippen LogP contribution in [0.1, 0.15) is 13.8 Å². The summed E-state index contributed by atoms with van der Waals surface area (Å²) in [5.41, 5.74) is 1.78. The van der Waals surface area contributed by atoms with Gasteiger partial charge in [0.05, 0.1) is 22.2 Å². The molecule has 0 unspecified atom stereocenters. The summed E-state index contributed by atoms with van der Waals surface area (Å²) >= 11 is 5.98. The number of likely N-dealkylation sites (N-methyl/N-ethyl adjacent to an activating group) is 1. The highest BCUT2D eigenvalue weighted by molar-refractivity contribution is 6.33. The lowest BCUT2D eigenvalue weighted by Crippen LogP contribution is -2.28. The number of rotatable bonds is 7. The van der Waals surface area contributed by atoms with E-state index in [1.54, 1.807) is 19.1 Å². The number of nitrogens with zero attached hydrogens (tertiary/aromatic N) is 4. The van der Waals surface area contributed by atoms with E-state index in [9.17, 15) is 14.9 Å². The fourth-order valence-electron chi connectivity index (χ4n) is 2.19. The van der Waals surface area contributed by atoms with Crippen LogP contribution in [-0.2, 0) is 4.79 Å². The lowest BCUT2D eigenvalue weighted by molar-refractivity contribution is -0.384. The maximum Gasteiger partial charge on any atom is 0.271 e. The molecule has 8 heteroatoms. The maximum absolute atomic E-state index is 11.3. The summed E-state index contributed by atoms with van der Waals surface area (Å²) in [6.07, 6.45) is 0. The van der Waals surface area contributed by atoms with Gasteiger partial charge < -0.3 is 4.90 Å². The number of anilines is 1. The Morgan fingerprint density at radius 2 is 1.88 bits per heavy atom. The maximum atomic E-state index is 11.3. The zero-order chi connectivity index (χ0) is 18.4. The van der Waals surface area contributed by atoms with Gasteiger partial charge in [-0.3, -0.25) is 14.9 Å². The molecule has 0 radical (unpaired) electrons. The monoisotopic (exact) mass is 360 g/mol. The van der Waals surface area contributed by atoms with Crippen molar-refractivity contribution in [2.24, 2.45) is 10.2 Å². The van der Waals surface area contributed by atoms with Crippen molar-refractivity contribution in [2.75, 3.05) is 18.0 Å². The van der Waals surface area contributed by atoms with E-state index in [1.165, 1.54) is 18.2 Å². The summed E-state index contributed by atoms with van der Waals surface area (Å²) < 4.78 is 0. The Hall–Kier alpha value is -2.80. The summed E-state index contributed by atoms with van der Waals surface area (Å²) in [4.78, 5) is 23.4. The molecule has 25 heavy (non-hydrogen) atoms. The molecule has 7 nitrogen and oxygen atoms in total. The van der Waals surface area contributed by atoms with Crippen LogP contribution in [0.3, 0.4) is 0 Å². The van der Waals surface area contributed by atoms with Crippen LogP contribution >= 0.6 is 11.6 Å². The second-order valence-corrected chi connectivity index (χ2v) is 5.73. The van der Waals surface area contributed by atoms with Crippen molar-refractivity contribution in [3.63, 3.8) is 0 Å². The van der Waals surface area contributed by atoms with Crippen molar-refractivity contribution >= 4 is 40.1 Å². The summed E-state index contributed by atoms with van der Waals surface area (Å²) in [7, 11) is 0. The van der Waals surface area contributed by atoms with E-state index in [0.29, 0.717) is 17.9 Å². The van der Waals surface area contributed by atoms with Crippen LogP contribution in [0.4, 0.5) is 22.7 Å². The molecular formula is C17H17ClN4O3. The van der Waals surface area contributed by atoms with Gasteiger partial charge >= 0.3 is 0 Å². The van der Waals surface area contributed by atoms with Gasteiger partial charge in [0.25, 0.3) is 5.69 Å². The molecule has 0 saturated carbocycles. The molecule has 0 aliphatic carbocycles. The van der Waals surface area contributed by atoms with Gasteiger partial charge in [0.2, 0.25) is 0 Å². The number of carbonyl (C=O) groups is 1. The molecule has 0 bridgehead atoms. The third-order valence-corrected chi connectivity index (χ3v) is 3.73. The molecule has 0 N–H and O–H groups in total. The minimum absolute atomic E-state index is 0.0958. The predicted molar refractivity (Wildman–Crippen MR) is 97.3 cm³/mol. The quantitative estimate of drug-likeness (QED) is 0.391. The summed E-state index contributed by atoms with van der Waals surface area (Å²) in [5, 5.41) is 19.0. The Balaban J connectivity index is 2.14. The molecule has 0 atom stereocenters. The largest absolute Gasteiger partial charge is 0.364 e. The topological polar surface area (TPSA) is 88.2 Å². The molecular weight excluding hydrogens is 344 g/mol. The average molecular weight is 361 g/mol. The molecule has 0 heterocycles. The minimum Gasteiger partial charge on any atom is -0.364 e. The average Bonchev–Trinajstić information content (AvgIpc) is 2.58. The van der Waals surface area contributed by atoms with Gasteiger partial charge in [-0.2, -0.15) is 5.11 Å². The first-order chi connectivity index (χ1) is 11.9. The molecule has 2 rings (SSSR count). The number of hydrogen-bond acceptors (Lipinski definition) is 6. The van der Waals surface area contributed by atoms with Gasteiger partial charge in [-0.05, 0) is 44.2 Å². The molecule has 2 aromatic rings. The van der Waals surface area contributed by atoms with E-state index in [2.05, 4.69) is 10.2 Å². The van der Waals surface area contributed by atoms with E-state index >= 15 is 0 Å². The SMILES string of the molecule is CCN(CC(C)=O)c1ccc(/N=N/c2ccc([N+](=O)[O-])cc2Cl)cc1. The Morgan fingerprint density at radius 1 is 1.20 bits per heavy atom. The summed E-state index contributed by atoms with van der Waals surface area (Å²) in [6, 6.07) is 11.3. The minimum atomic E-state index is -0.522. The van der Waals surface area contributed by atoms with Crippen molar-refractivity contribution < 1.29 is 9.72 Å². The number of nitro groups is 1. The standard InChI is InChI=1S/C17H17ClN4O3/c1-3-21(11-12(2)23)14-6-4-13(5-7-14)19-20-17-9-8-15(22(24)25)10-16(17)18/h4-10H,3,11H2,1-2H3/b20-19+. The van der Waals surface area contributed by atoms with E-state index in [0.717, 1.165) is 12.2 Å². The number of Topliss-reactive ketones (excluding diaryl/α,β-unsaturated/α-hetero) is 1. The van der Waals surface area contributed by atoms with E-state index in [4.69, 9.17) is 11.6 Å². The second kappa shape index (κ2) is 8.34. The smallest absolute Gasteiger partial charge is 0.271 e. The Kier molecular flexibility index (Phi) is 6.19. The number of non-ortho nitro benzene ring substituents is 1. The molecule has 0 fully saturated rings.